The van der Waals surface area contributed by atoms with Crippen molar-refractivity contribution in [2.24, 2.45) is 10.8 Å². The van der Waals surface area contributed by atoms with E-state index in [1.165, 1.54) is 0 Å². The largest absolute Gasteiger partial charge is 0.401 e. The first kappa shape index (κ1) is 21.8. The molecule has 0 aliphatic carbocycles. The molecule has 4 N–H and O–H groups in total. The summed E-state index contributed by atoms with van der Waals surface area (Å²) in [5, 5.41) is 18.0. The van der Waals surface area contributed by atoms with E-state index in [9.17, 15) is 0 Å². The number of nitrogens with one attached hydrogen (secondary N) is 1. The summed E-state index contributed by atoms with van der Waals surface area (Å²) >= 11 is 0. The first-order chi connectivity index (χ1) is 15.2. The van der Waals surface area contributed by atoms with Crippen LogP contribution >= 0.6 is 0 Å². The minimum Gasteiger partial charge on any atom is -0.401 e. The second-order valence-corrected chi connectivity index (χ2v) is 6.93. The maximum atomic E-state index is 8.95. The number of aliphatic hydroxyl groups is 1. The normalized spacial score (nSPS) is 11.5. The van der Waals surface area contributed by atoms with E-state index in [1.54, 1.807) is 23.6 Å². The molecule has 158 valence electrons. The first-order valence-corrected chi connectivity index (χ1v) is 10.1. The van der Waals surface area contributed by atoms with Crippen LogP contribution in [0.4, 0.5) is 17.1 Å². The van der Waals surface area contributed by atoms with Gasteiger partial charge in [0, 0.05) is 49.0 Å². The van der Waals surface area contributed by atoms with Crippen molar-refractivity contribution >= 4 is 35.9 Å². The van der Waals surface area contributed by atoms with Crippen molar-refractivity contribution in [3.05, 3.63) is 96.1 Å². The molecular weight excluding hydrogens is 386 g/mol. The third-order valence-corrected chi connectivity index (χ3v) is 4.55. The number of aromatic nitrogens is 1. The van der Waals surface area contributed by atoms with Crippen LogP contribution < -0.4 is 16.1 Å². The van der Waals surface area contributed by atoms with E-state index >= 15 is 0 Å². The van der Waals surface area contributed by atoms with E-state index in [0.717, 1.165) is 28.2 Å². The Balaban J connectivity index is 1.67. The quantitative estimate of drug-likeness (QED) is 0.322. The number of rotatable bonds is 10. The molecule has 31 heavy (non-hydrogen) atoms. The lowest BCUT2D eigenvalue weighted by Gasteiger charge is -2.17. The summed E-state index contributed by atoms with van der Waals surface area (Å²) < 4.78 is 0. The maximum Gasteiger partial charge on any atom is 0.0666 e. The van der Waals surface area contributed by atoms with Gasteiger partial charge in [-0.3, -0.25) is 4.98 Å². The highest BCUT2D eigenvalue weighted by Crippen LogP contribution is 2.24. The van der Waals surface area contributed by atoms with Crippen molar-refractivity contribution in [2.45, 2.75) is 12.8 Å². The first-order valence-electron chi connectivity index (χ1n) is 10.1. The Morgan fingerprint density at radius 1 is 1.03 bits per heavy atom. The van der Waals surface area contributed by atoms with Gasteiger partial charge in [-0.15, -0.1) is 0 Å². The Labute approximate surface area is 183 Å². The number of allylic oxidation sites excluding steroid dienone is 1. The van der Waals surface area contributed by atoms with Crippen molar-refractivity contribution < 1.29 is 5.11 Å². The number of nitrogens with two attached hydrogens (primary N) is 1. The lowest BCUT2D eigenvalue weighted by Crippen LogP contribution is -2.11. The molecule has 2 aromatic carbocycles. The van der Waals surface area contributed by atoms with Gasteiger partial charge in [-0.25, -0.2) is 5.01 Å². The highest BCUT2D eigenvalue weighted by molar-refractivity contribution is 5.71. The van der Waals surface area contributed by atoms with E-state index < -0.39 is 0 Å². The highest BCUT2D eigenvalue weighted by Gasteiger charge is 2.04. The zero-order valence-corrected chi connectivity index (χ0v) is 17.4. The van der Waals surface area contributed by atoms with Crippen LogP contribution in [0.25, 0.3) is 12.2 Å². The molecule has 0 spiro atoms. The Morgan fingerprint density at radius 2 is 1.74 bits per heavy atom. The van der Waals surface area contributed by atoms with Crippen molar-refractivity contribution in [3.8, 4) is 0 Å². The summed E-state index contributed by atoms with van der Waals surface area (Å²) in [5.74, 6) is 0. The monoisotopic (exact) mass is 413 g/mol. The summed E-state index contributed by atoms with van der Waals surface area (Å²) in [6.45, 7) is 3.73. The third-order valence-electron chi connectivity index (χ3n) is 4.55. The fourth-order valence-electron chi connectivity index (χ4n) is 2.94. The van der Waals surface area contributed by atoms with Gasteiger partial charge in [-0.05, 0) is 66.4 Å². The lowest BCUT2D eigenvalue weighted by molar-refractivity contribution is 0.288. The van der Waals surface area contributed by atoms with E-state index in [-0.39, 0.29) is 6.61 Å². The number of anilines is 3. The Bertz CT molecular complexity index is 1030. The molecule has 0 aliphatic rings. The molecule has 0 saturated heterocycles. The zero-order valence-electron chi connectivity index (χ0n) is 17.4. The molecule has 1 heterocycles. The predicted octanol–water partition coefficient (Wildman–Crippen LogP) is 4.99. The van der Waals surface area contributed by atoms with Crippen molar-refractivity contribution in [2.75, 3.05) is 16.9 Å². The van der Waals surface area contributed by atoms with Gasteiger partial charge in [0.15, 0.2) is 0 Å². The molecule has 0 saturated carbocycles. The van der Waals surface area contributed by atoms with Crippen LogP contribution in [0.2, 0.25) is 0 Å². The minimum absolute atomic E-state index is 0.105. The van der Waals surface area contributed by atoms with Gasteiger partial charge in [0.25, 0.3) is 0 Å². The predicted molar refractivity (Wildman–Crippen MR) is 130 cm³/mol. The van der Waals surface area contributed by atoms with Crippen molar-refractivity contribution in [1.82, 2.24) is 4.98 Å². The number of nitrogens with zero attached hydrogens (tertiary/aromatic N) is 3. The SMILES string of the molecule is C=NN(/C=C(\N)CCCO)c1cccc(Nc2ccc(/C=C/c3ccncc3)cc2)c1. The van der Waals surface area contributed by atoms with Crippen LogP contribution in [-0.2, 0) is 0 Å². The van der Waals surface area contributed by atoms with Gasteiger partial charge in [0.2, 0.25) is 0 Å². The molecule has 1 aromatic heterocycles. The van der Waals surface area contributed by atoms with Crippen molar-refractivity contribution in [3.63, 3.8) is 0 Å². The van der Waals surface area contributed by atoms with E-state index in [4.69, 9.17) is 10.8 Å². The highest BCUT2D eigenvalue weighted by atomic mass is 16.2. The number of aliphatic hydroxyl groups excluding tert-OH is 1. The summed E-state index contributed by atoms with van der Waals surface area (Å²) in [6, 6.07) is 20.0. The topological polar surface area (TPSA) is 86.8 Å². The van der Waals surface area contributed by atoms with Crippen LogP contribution in [0.1, 0.15) is 24.0 Å². The summed E-state index contributed by atoms with van der Waals surface area (Å²) in [4.78, 5) is 4.03. The molecule has 0 radical (unpaired) electrons. The minimum atomic E-state index is 0.105. The van der Waals surface area contributed by atoms with Gasteiger partial charge in [-0.2, -0.15) is 5.10 Å². The molecular formula is C25H27N5O. The molecule has 0 unspecified atom stereocenters. The van der Waals surface area contributed by atoms with Gasteiger partial charge in [0.1, 0.15) is 0 Å². The van der Waals surface area contributed by atoms with Gasteiger partial charge in [-0.1, -0.05) is 30.4 Å². The molecule has 6 nitrogen and oxygen atoms in total. The standard InChI is InChI=1S/C25H27N5O/c1-27-30(19-22(26)4-3-17-31)25-6-2-5-24(18-25)29-23-11-9-20(10-12-23)7-8-21-13-15-28-16-14-21/h2,5-16,18-19,29,31H,1,3-4,17,26H2/b8-7+,22-19-. The van der Waals surface area contributed by atoms with E-state index in [0.29, 0.717) is 18.5 Å². The number of hydrogen-bond donors (Lipinski definition) is 3. The van der Waals surface area contributed by atoms with Crippen molar-refractivity contribution in [1.29, 1.82) is 0 Å². The van der Waals surface area contributed by atoms with Gasteiger partial charge < -0.3 is 16.2 Å². The molecule has 0 bridgehead atoms. The van der Waals surface area contributed by atoms with E-state index in [1.807, 2.05) is 48.5 Å². The van der Waals surface area contributed by atoms with Gasteiger partial charge >= 0.3 is 0 Å². The van der Waals surface area contributed by atoms with Crippen LogP contribution in [0, 0.1) is 0 Å². The smallest absolute Gasteiger partial charge is 0.0666 e. The summed E-state index contributed by atoms with van der Waals surface area (Å²) in [6.07, 6.45) is 10.6. The molecule has 6 heteroatoms. The van der Waals surface area contributed by atoms with Crippen LogP contribution in [-0.4, -0.2) is 23.4 Å². The Hall–Kier alpha value is -3.90. The number of benzene rings is 2. The molecule has 0 aliphatic heterocycles. The van der Waals surface area contributed by atoms with Crippen LogP contribution in [0.3, 0.4) is 0 Å². The average Bonchev–Trinajstić information content (AvgIpc) is 2.81. The third kappa shape index (κ3) is 6.83. The Kier molecular flexibility index (Phi) is 7.97. The maximum absolute atomic E-state index is 8.95. The summed E-state index contributed by atoms with van der Waals surface area (Å²) in [5.41, 5.74) is 11.6. The van der Waals surface area contributed by atoms with Gasteiger partial charge in [0.05, 0.1) is 5.69 Å². The molecule has 0 atom stereocenters. The van der Waals surface area contributed by atoms with E-state index in [2.05, 4.69) is 46.4 Å². The van der Waals surface area contributed by atoms with Crippen LogP contribution in [0.15, 0.2) is 90.1 Å². The fourth-order valence-corrected chi connectivity index (χ4v) is 2.94. The number of pyridine rings is 1. The Morgan fingerprint density at radius 3 is 2.42 bits per heavy atom. The molecule has 3 aromatic rings. The molecule has 0 amide bonds. The average molecular weight is 414 g/mol. The summed E-state index contributed by atoms with van der Waals surface area (Å²) in [7, 11) is 0. The van der Waals surface area contributed by atoms with Crippen LogP contribution in [0.5, 0.6) is 0 Å². The molecule has 3 rings (SSSR count). The number of hydrogen-bond acceptors (Lipinski definition) is 6. The number of hydrazone groups is 1. The second kappa shape index (κ2) is 11.3. The second-order valence-electron chi connectivity index (χ2n) is 6.93. The fraction of sp³-hybridized carbons (Fsp3) is 0.120. The zero-order chi connectivity index (χ0) is 21.9. The molecule has 0 fully saturated rings. The lowest BCUT2D eigenvalue weighted by atomic mass is 10.1.